The molecule has 0 amide bonds. The van der Waals surface area contributed by atoms with E-state index in [2.05, 4.69) is 0 Å². The molecule has 3 aliphatic heterocycles. The van der Waals surface area contributed by atoms with Crippen molar-refractivity contribution in [3.8, 4) is 34.3 Å². The van der Waals surface area contributed by atoms with Gasteiger partial charge < -0.3 is 89.0 Å². The second-order valence-corrected chi connectivity index (χ2v) is 12.6. The van der Waals surface area contributed by atoms with Gasteiger partial charge in [-0.05, 0) is 31.2 Å². The summed E-state index contributed by atoms with van der Waals surface area (Å²) in [6, 6.07) is 7.37. The Morgan fingerprint density at radius 3 is 2.16 bits per heavy atom. The Kier molecular flexibility index (Phi) is 10.5. The van der Waals surface area contributed by atoms with Gasteiger partial charge >= 0.3 is 0 Å². The number of hydrogen-bond acceptors (Lipinski definition) is 19. The molecule has 2 aromatic carbocycles. The minimum atomic E-state index is -2.09. The van der Waals surface area contributed by atoms with Gasteiger partial charge in [0.15, 0.2) is 12.1 Å². The van der Waals surface area contributed by atoms with E-state index in [4.69, 9.17) is 32.8 Å². The summed E-state index contributed by atoms with van der Waals surface area (Å²) in [4.78, 5) is 13.8. The van der Waals surface area contributed by atoms with Gasteiger partial charge in [-0.15, -0.1) is 0 Å². The first-order valence-corrected chi connectivity index (χ1v) is 15.7. The summed E-state index contributed by atoms with van der Waals surface area (Å²) in [6.45, 7) is -0.551. The number of benzene rings is 2. The van der Waals surface area contributed by atoms with Gasteiger partial charge in [-0.1, -0.05) is 0 Å². The third kappa shape index (κ3) is 6.97. The van der Waals surface area contributed by atoms with Crippen LogP contribution in [0.1, 0.15) is 6.92 Å². The van der Waals surface area contributed by atoms with Crippen molar-refractivity contribution in [2.45, 2.75) is 86.3 Å². The second-order valence-electron chi connectivity index (χ2n) is 12.6. The number of aromatic hydroxyl groups is 2. The van der Waals surface area contributed by atoms with Crippen LogP contribution in [0.4, 0.5) is 0 Å². The van der Waals surface area contributed by atoms with Crippen molar-refractivity contribution in [1.82, 2.24) is 0 Å². The largest absolute Gasteiger partial charge is 0.508 e. The fourth-order valence-corrected chi connectivity index (χ4v) is 5.87. The van der Waals surface area contributed by atoms with Gasteiger partial charge in [-0.3, -0.25) is 4.79 Å². The van der Waals surface area contributed by atoms with Gasteiger partial charge in [0.2, 0.25) is 23.8 Å². The molecule has 11 N–H and O–H groups in total. The number of aliphatic hydroxyl groups is 9. The number of fused-ring (bicyclic) bond motifs is 1. The molecule has 0 radical (unpaired) electrons. The molecule has 19 nitrogen and oxygen atoms in total. The predicted molar refractivity (Wildman–Crippen MR) is 165 cm³/mol. The molecule has 51 heavy (non-hydrogen) atoms. The zero-order valence-electron chi connectivity index (χ0n) is 26.7. The summed E-state index contributed by atoms with van der Waals surface area (Å²) >= 11 is 0. The smallest absolute Gasteiger partial charge is 0.239 e. The first-order chi connectivity index (χ1) is 24.1. The first-order valence-electron chi connectivity index (χ1n) is 15.7. The van der Waals surface area contributed by atoms with Crippen molar-refractivity contribution >= 4 is 11.0 Å². The number of aliphatic hydroxyl groups excluding tert-OH is 8. The molecular weight excluding hydrogens is 688 g/mol. The fraction of sp³-hybridized carbons (Fsp3) is 0.531. The van der Waals surface area contributed by atoms with Gasteiger partial charge in [0.1, 0.15) is 82.7 Å². The standard InChI is InChI=1S/C32H38O19/c1-11-19(36)22(39)24(41)29(47-11)45-8-17-20(37)23(40)25(42)30(50-17)48-14-6-15(35)18-16(7-14)49-26(12-2-4-13(34)5-3-12)27(21(18)38)51-31-28(43)32(44,9-33)10-46-31/h2-7,11,17,19-20,22-25,28-31,33-37,39-44H,8-10H2,1H3. The van der Waals surface area contributed by atoms with Gasteiger partial charge in [-0.25, -0.2) is 0 Å². The SMILES string of the molecule is CC1OC(OCC2OC(Oc3cc(O)c4c(=O)c(OC5OCC(O)(CO)C5O)c(-c5ccc(O)cc5)oc4c3)C(O)C(O)C2O)C(O)C(O)C1O. The summed E-state index contributed by atoms with van der Waals surface area (Å²) in [5, 5.41) is 113. The molecule has 13 atom stereocenters. The number of ether oxygens (including phenoxy) is 6. The van der Waals surface area contributed by atoms with Crippen LogP contribution in [-0.2, 0) is 18.9 Å². The lowest BCUT2D eigenvalue weighted by Gasteiger charge is -2.42. The van der Waals surface area contributed by atoms with Crippen LogP contribution in [0.3, 0.4) is 0 Å². The summed E-state index contributed by atoms with van der Waals surface area (Å²) in [7, 11) is 0. The monoisotopic (exact) mass is 726 g/mol. The molecule has 4 heterocycles. The highest BCUT2D eigenvalue weighted by Crippen LogP contribution is 2.39. The molecule has 0 saturated carbocycles. The van der Waals surface area contributed by atoms with E-state index < -0.39 is 122 Å². The minimum Gasteiger partial charge on any atom is -0.508 e. The van der Waals surface area contributed by atoms with Gasteiger partial charge in [0.05, 0.1) is 25.9 Å². The topological polar surface area (TPSA) is 308 Å². The van der Waals surface area contributed by atoms with E-state index in [1.54, 1.807) is 0 Å². The Balaban J connectivity index is 1.28. The highest BCUT2D eigenvalue weighted by atomic mass is 16.7. The summed E-state index contributed by atoms with van der Waals surface area (Å²) in [6.07, 6.45) is -19.1. The van der Waals surface area contributed by atoms with E-state index in [1.807, 2.05) is 0 Å². The molecule has 3 aliphatic rings. The molecule has 3 saturated heterocycles. The van der Waals surface area contributed by atoms with Gasteiger partial charge in [0, 0.05) is 17.7 Å². The lowest BCUT2D eigenvalue weighted by molar-refractivity contribution is -0.318. The van der Waals surface area contributed by atoms with Gasteiger partial charge in [0.25, 0.3) is 0 Å². The maximum absolute atomic E-state index is 13.8. The van der Waals surface area contributed by atoms with Crippen LogP contribution in [0.5, 0.6) is 23.0 Å². The second kappa shape index (κ2) is 14.4. The lowest BCUT2D eigenvalue weighted by Crippen LogP contribution is -2.61. The van der Waals surface area contributed by atoms with E-state index in [0.29, 0.717) is 0 Å². The van der Waals surface area contributed by atoms with Crippen molar-refractivity contribution in [1.29, 1.82) is 0 Å². The number of rotatable bonds is 9. The predicted octanol–water partition coefficient (Wildman–Crippen LogP) is -3.28. The maximum Gasteiger partial charge on any atom is 0.239 e. The highest BCUT2D eigenvalue weighted by molar-refractivity contribution is 5.88. The minimum absolute atomic E-state index is 0.129. The van der Waals surface area contributed by atoms with Crippen molar-refractivity contribution in [2.24, 2.45) is 0 Å². The molecule has 0 aliphatic carbocycles. The van der Waals surface area contributed by atoms with Crippen molar-refractivity contribution < 1.29 is 89.0 Å². The lowest BCUT2D eigenvalue weighted by atomic mass is 9.98. The third-order valence-corrected chi connectivity index (χ3v) is 9.00. The van der Waals surface area contributed by atoms with Crippen LogP contribution in [0, 0.1) is 0 Å². The summed E-state index contributed by atoms with van der Waals surface area (Å²) < 4.78 is 39.1. The zero-order valence-corrected chi connectivity index (χ0v) is 26.7. The number of phenols is 2. The van der Waals surface area contributed by atoms with Crippen molar-refractivity contribution in [3.05, 3.63) is 46.6 Å². The van der Waals surface area contributed by atoms with Gasteiger partial charge in [-0.2, -0.15) is 0 Å². The zero-order chi connectivity index (χ0) is 36.9. The van der Waals surface area contributed by atoms with Crippen molar-refractivity contribution in [3.63, 3.8) is 0 Å². The average Bonchev–Trinajstić information content (AvgIpc) is 3.39. The quantitative estimate of drug-likeness (QED) is 0.103. The molecule has 0 spiro atoms. The Morgan fingerprint density at radius 2 is 1.49 bits per heavy atom. The Bertz CT molecular complexity index is 1750. The Morgan fingerprint density at radius 1 is 0.824 bits per heavy atom. The summed E-state index contributed by atoms with van der Waals surface area (Å²) in [5.41, 5.74) is -3.19. The van der Waals surface area contributed by atoms with Crippen molar-refractivity contribution in [2.75, 3.05) is 19.8 Å². The molecule has 6 rings (SSSR count). The molecule has 0 bridgehead atoms. The molecular formula is C32H38O19. The van der Waals surface area contributed by atoms with Crippen LogP contribution in [0.25, 0.3) is 22.3 Å². The number of phenolic OH excluding ortho intramolecular Hbond substituents is 2. The molecule has 1 aromatic heterocycles. The van der Waals surface area contributed by atoms with Crippen LogP contribution >= 0.6 is 0 Å². The Labute approximate surface area is 287 Å². The summed E-state index contributed by atoms with van der Waals surface area (Å²) in [5.74, 6) is -1.96. The average molecular weight is 727 g/mol. The fourth-order valence-electron chi connectivity index (χ4n) is 5.87. The van der Waals surface area contributed by atoms with Crippen LogP contribution in [0.15, 0.2) is 45.6 Å². The first kappa shape index (κ1) is 37.1. The third-order valence-electron chi connectivity index (χ3n) is 9.00. The van der Waals surface area contributed by atoms with E-state index >= 15 is 0 Å². The van der Waals surface area contributed by atoms with E-state index in [9.17, 15) is 61.0 Å². The normalized spacial score (nSPS) is 37.1. The van der Waals surface area contributed by atoms with Crippen LogP contribution < -0.4 is 14.9 Å². The molecule has 3 aromatic rings. The van der Waals surface area contributed by atoms with E-state index in [1.165, 1.54) is 31.2 Å². The van der Waals surface area contributed by atoms with E-state index in [-0.39, 0.29) is 28.4 Å². The van der Waals surface area contributed by atoms with E-state index in [0.717, 1.165) is 12.1 Å². The highest BCUT2D eigenvalue weighted by Gasteiger charge is 2.50. The van der Waals surface area contributed by atoms with Crippen LogP contribution in [-0.4, -0.2) is 155 Å². The maximum atomic E-state index is 13.8. The molecule has 3 fully saturated rings. The van der Waals surface area contributed by atoms with Crippen LogP contribution in [0.2, 0.25) is 0 Å². The number of hydrogen-bond donors (Lipinski definition) is 11. The molecule has 13 unspecified atom stereocenters. The molecule has 280 valence electrons. The Hall–Kier alpha value is -3.67. The molecule has 19 heteroatoms.